The van der Waals surface area contributed by atoms with Crippen LogP contribution in [0.5, 0.6) is 0 Å². The van der Waals surface area contributed by atoms with E-state index >= 15 is 0 Å². The van der Waals surface area contributed by atoms with Crippen LogP contribution in [0.15, 0.2) is 0 Å². The van der Waals surface area contributed by atoms with E-state index < -0.39 is 11.9 Å². The van der Waals surface area contributed by atoms with Gasteiger partial charge < -0.3 is 0 Å². The Kier molecular flexibility index (Phi) is 39.9. The molecule has 0 N–H and O–H groups in total. The van der Waals surface area contributed by atoms with E-state index in [1.807, 2.05) is 0 Å². The molecule has 0 fully saturated rings. The highest BCUT2D eigenvalue weighted by molar-refractivity contribution is 5.75. The summed E-state index contributed by atoms with van der Waals surface area (Å²) in [6.45, 7) is 4.54. The molecule has 0 saturated heterocycles. The Morgan fingerprint density at radius 3 is 0.738 bits per heavy atom. The van der Waals surface area contributed by atoms with Gasteiger partial charge in [-0.25, -0.2) is 9.59 Å². The predicted octanol–water partition coefficient (Wildman–Crippen LogP) is 11.3. The van der Waals surface area contributed by atoms with Gasteiger partial charge in [0.1, 0.15) is 0 Å². The van der Waals surface area contributed by atoms with Crippen molar-refractivity contribution in [2.45, 2.75) is 219 Å². The van der Waals surface area contributed by atoms with Crippen LogP contribution in [0.3, 0.4) is 0 Å². The lowest BCUT2D eigenvalue weighted by atomic mass is 10.0. The molecule has 0 amide bonds. The summed E-state index contributed by atoms with van der Waals surface area (Å²) in [6.07, 6.45) is 39.2. The molecule has 0 heterocycles. The maximum absolute atomic E-state index is 11.7. The van der Waals surface area contributed by atoms with Crippen molar-refractivity contribution in [3.63, 3.8) is 0 Å². The van der Waals surface area contributed by atoms with Gasteiger partial charge in [-0.05, 0) is 12.8 Å². The fourth-order valence-electron chi connectivity index (χ4n) is 5.46. The highest BCUT2D eigenvalue weighted by Crippen LogP contribution is 2.15. The molecule has 0 saturated carbocycles. The number of carbonyl (C=O) groups is 2. The molecule has 0 unspecified atom stereocenters. The van der Waals surface area contributed by atoms with Crippen LogP contribution in [0, 0.1) is 0 Å². The fraction of sp³-hybridized carbons (Fsp3) is 0.944. The lowest BCUT2D eigenvalue weighted by Gasteiger charge is -2.04. The standard InChI is InChI=1S/C36H70O5.Al.3H/c1-3-5-7-9-11-13-15-17-19-21-23-25-27-29-31-33-35(37)39-41-40-36(38)34-32-30-28-26-24-22-20-18-16-14-12-10-8-6-4-2;;;;/h3-34H2,1-2H3;;;;. The summed E-state index contributed by atoms with van der Waals surface area (Å²) in [5.41, 5.74) is 0. The van der Waals surface area contributed by atoms with E-state index in [9.17, 15) is 9.59 Å². The number of carbonyl (C=O) groups excluding carboxylic acids is 2. The van der Waals surface area contributed by atoms with Gasteiger partial charge >= 0.3 is 11.9 Å². The Hall–Kier alpha value is -0.568. The third kappa shape index (κ3) is 37.5. The minimum absolute atomic E-state index is 0. The van der Waals surface area contributed by atoms with Crippen LogP contribution in [-0.4, -0.2) is 29.3 Å². The summed E-state index contributed by atoms with van der Waals surface area (Å²) in [5, 5.41) is 4.41. The van der Waals surface area contributed by atoms with Gasteiger partial charge in [-0.2, -0.15) is 0 Å². The van der Waals surface area contributed by atoms with Gasteiger partial charge in [-0.1, -0.05) is 194 Å². The third-order valence-corrected chi connectivity index (χ3v) is 8.22. The zero-order valence-electron chi connectivity index (χ0n) is 27.7. The van der Waals surface area contributed by atoms with E-state index in [0.717, 1.165) is 38.5 Å². The number of hydrogen-bond donors (Lipinski definition) is 0. The molecule has 5 nitrogen and oxygen atoms in total. The second-order valence-electron chi connectivity index (χ2n) is 12.4. The van der Waals surface area contributed by atoms with Crippen molar-refractivity contribution in [3.05, 3.63) is 0 Å². The molecule has 0 radical (unpaired) electrons. The summed E-state index contributed by atoms with van der Waals surface area (Å²) < 4.78 is 0. The zero-order chi connectivity index (χ0) is 29.9. The van der Waals surface area contributed by atoms with Gasteiger partial charge in [0.15, 0.2) is 17.4 Å². The third-order valence-electron chi connectivity index (χ3n) is 8.22. The van der Waals surface area contributed by atoms with Crippen LogP contribution in [0.2, 0.25) is 0 Å². The molecular weight excluding hydrogens is 539 g/mol. The van der Waals surface area contributed by atoms with Crippen molar-refractivity contribution in [1.82, 2.24) is 0 Å². The van der Waals surface area contributed by atoms with Crippen molar-refractivity contribution in [3.8, 4) is 0 Å². The normalized spacial score (nSPS) is 10.9. The second-order valence-corrected chi connectivity index (χ2v) is 12.4. The largest absolute Gasteiger partial charge is 0.346 e. The van der Waals surface area contributed by atoms with E-state index in [1.165, 1.54) is 154 Å². The smallest absolute Gasteiger partial charge is 0.260 e. The molecule has 0 aromatic heterocycles. The maximum atomic E-state index is 11.7. The fourth-order valence-corrected chi connectivity index (χ4v) is 5.46. The molecule has 6 heteroatoms. The van der Waals surface area contributed by atoms with Crippen LogP contribution < -0.4 is 0 Å². The van der Waals surface area contributed by atoms with Gasteiger partial charge in [-0.15, -0.1) is 0 Å². The van der Waals surface area contributed by atoms with Crippen LogP contribution in [0.4, 0.5) is 0 Å². The molecule has 0 aliphatic carbocycles. The number of unbranched alkanes of at least 4 members (excludes halogenated alkanes) is 28. The van der Waals surface area contributed by atoms with Gasteiger partial charge in [0.2, 0.25) is 0 Å². The minimum Gasteiger partial charge on any atom is -0.260 e. The number of hydrogen-bond acceptors (Lipinski definition) is 5. The minimum atomic E-state index is -0.473. The molecule has 0 atom stereocenters. The van der Waals surface area contributed by atoms with Gasteiger partial charge in [0.05, 0.1) is 0 Å². The molecule has 42 heavy (non-hydrogen) atoms. The number of rotatable bonds is 34. The van der Waals surface area contributed by atoms with Crippen LogP contribution in [0.1, 0.15) is 219 Å². The Labute approximate surface area is 272 Å². The van der Waals surface area contributed by atoms with E-state index in [2.05, 4.69) is 28.7 Å². The molecular formula is C36H73AlO5. The molecule has 250 valence electrons. The maximum Gasteiger partial charge on any atom is 0.346 e. The molecule has 0 aromatic carbocycles. The Morgan fingerprint density at radius 1 is 0.333 bits per heavy atom. The predicted molar refractivity (Wildman–Crippen MR) is 182 cm³/mol. The van der Waals surface area contributed by atoms with E-state index in [4.69, 9.17) is 0 Å². The Morgan fingerprint density at radius 2 is 0.524 bits per heavy atom. The van der Waals surface area contributed by atoms with Crippen molar-refractivity contribution < 1.29 is 24.4 Å². The van der Waals surface area contributed by atoms with E-state index in [0.29, 0.717) is 12.8 Å². The average Bonchev–Trinajstić information content (AvgIpc) is 2.97. The summed E-state index contributed by atoms with van der Waals surface area (Å²) in [6, 6.07) is 0. The summed E-state index contributed by atoms with van der Waals surface area (Å²) in [4.78, 5) is 32.6. The van der Waals surface area contributed by atoms with Gasteiger partial charge in [0, 0.05) is 17.9 Å². The van der Waals surface area contributed by atoms with Crippen molar-refractivity contribution >= 4 is 29.3 Å². The molecule has 0 aliphatic rings. The van der Waals surface area contributed by atoms with Crippen molar-refractivity contribution in [1.29, 1.82) is 0 Å². The highest BCUT2D eigenvalue weighted by atomic mass is 27.0. The van der Waals surface area contributed by atoms with Gasteiger partial charge in [0.25, 0.3) is 0 Å². The second kappa shape index (κ2) is 38.5. The van der Waals surface area contributed by atoms with Crippen LogP contribution in [-0.2, 0) is 24.4 Å². The zero-order valence-corrected chi connectivity index (χ0v) is 27.7. The lowest BCUT2D eigenvalue weighted by molar-refractivity contribution is -0.459. The Bertz CT molecular complexity index is 497. The lowest BCUT2D eigenvalue weighted by Crippen LogP contribution is -2.10. The molecule has 0 spiro atoms. The first-order chi connectivity index (χ1) is 20.2. The quantitative estimate of drug-likeness (QED) is 0.0313. The first kappa shape index (κ1) is 43.6. The van der Waals surface area contributed by atoms with E-state index in [-0.39, 0.29) is 17.4 Å². The van der Waals surface area contributed by atoms with Crippen LogP contribution >= 0.6 is 0 Å². The average molecular weight is 613 g/mol. The first-order valence-corrected chi connectivity index (χ1v) is 18.3. The SMILES string of the molecule is CCCCCCCCCCCCCCCCCC(=O)OOOC(=O)CCCCCCCCCCCCCCCCC.[AlH3]. The first-order valence-electron chi connectivity index (χ1n) is 18.3. The van der Waals surface area contributed by atoms with E-state index in [1.54, 1.807) is 0 Å². The van der Waals surface area contributed by atoms with Gasteiger partial charge in [-0.3, -0.25) is 9.78 Å². The Balaban J connectivity index is 0. The summed E-state index contributed by atoms with van der Waals surface area (Å²) in [5.74, 6) is -0.945. The van der Waals surface area contributed by atoms with Crippen molar-refractivity contribution in [2.75, 3.05) is 0 Å². The molecule has 0 aliphatic heterocycles. The summed E-state index contributed by atoms with van der Waals surface area (Å²) in [7, 11) is 0. The topological polar surface area (TPSA) is 61.8 Å². The molecule has 0 rings (SSSR count). The van der Waals surface area contributed by atoms with Crippen molar-refractivity contribution in [2.24, 2.45) is 0 Å². The van der Waals surface area contributed by atoms with Crippen LogP contribution in [0.25, 0.3) is 0 Å². The highest BCUT2D eigenvalue weighted by Gasteiger charge is 2.09. The molecule has 0 aromatic rings. The monoisotopic (exact) mass is 613 g/mol. The summed E-state index contributed by atoms with van der Waals surface area (Å²) >= 11 is 0. The molecule has 0 bridgehead atoms.